The molecule has 0 amide bonds. The lowest BCUT2D eigenvalue weighted by atomic mass is 10.0. The number of likely N-dealkylation sites (N-methyl/N-ethyl adjacent to an activating group) is 1. The number of nitrogen functional groups attached to an aromatic ring is 1. The number of aromatic nitrogens is 3. The van der Waals surface area contributed by atoms with Gasteiger partial charge in [-0.25, -0.2) is 13.8 Å². The van der Waals surface area contributed by atoms with Gasteiger partial charge in [-0.15, -0.1) is 0 Å². The van der Waals surface area contributed by atoms with E-state index < -0.39 is 5.82 Å². The van der Waals surface area contributed by atoms with Crippen LogP contribution in [0, 0.1) is 18.6 Å². The van der Waals surface area contributed by atoms with E-state index in [1.165, 1.54) is 24.5 Å². The molecule has 36 heavy (non-hydrogen) atoms. The van der Waals surface area contributed by atoms with Crippen LogP contribution in [-0.2, 0) is 6.42 Å². The summed E-state index contributed by atoms with van der Waals surface area (Å²) in [4.78, 5) is 18.3. The van der Waals surface area contributed by atoms with Gasteiger partial charge in [-0.3, -0.25) is 9.98 Å². The fraction of sp³-hybridized carbons (Fsp3) is 0.179. The van der Waals surface area contributed by atoms with Crippen LogP contribution in [0.15, 0.2) is 78.7 Å². The third kappa shape index (κ3) is 5.66. The van der Waals surface area contributed by atoms with Gasteiger partial charge >= 0.3 is 0 Å². The zero-order chi connectivity index (χ0) is 26.4. The lowest BCUT2D eigenvalue weighted by Crippen LogP contribution is -2.10. The molecule has 0 atom stereocenters. The highest BCUT2D eigenvalue weighted by Crippen LogP contribution is 2.27. The van der Waals surface area contributed by atoms with E-state index in [-0.39, 0.29) is 29.2 Å². The zero-order valence-electron chi connectivity index (χ0n) is 20.9. The smallest absolute Gasteiger partial charge is 0.155 e. The topological polar surface area (TPSA) is 83.2 Å². The number of aromatic amines is 1. The minimum Gasteiger partial charge on any atom is -0.397 e. The Kier molecular flexibility index (Phi) is 8.32. The average molecular weight is 489 g/mol. The number of nitrogens with one attached hydrogen (secondary N) is 1. The first-order chi connectivity index (χ1) is 17.2. The molecule has 1 aromatic carbocycles. The standard InChI is InChI=1S/C28H30F2N6/c1-7-18(14-21(8-2)36(5)6)27-25(30)22(23(31)16-33-27)15-24-34-17(4)26(35-24)28(32-9-3)19-11-10-12-20(29)13-19/h7-14,16H,2-3,15,31H2,1,4-6H3,(H,34,35)/b18-7+,21-14+,32-28?. The first kappa shape index (κ1) is 26.3. The number of pyridine rings is 1. The van der Waals surface area contributed by atoms with Gasteiger partial charge in [0.2, 0.25) is 0 Å². The Morgan fingerprint density at radius 2 is 1.97 bits per heavy atom. The van der Waals surface area contributed by atoms with E-state index >= 15 is 4.39 Å². The normalized spacial score (nSPS) is 12.6. The van der Waals surface area contributed by atoms with Crippen molar-refractivity contribution < 1.29 is 8.78 Å². The van der Waals surface area contributed by atoms with Crippen molar-refractivity contribution >= 4 is 17.0 Å². The molecular formula is C28H30F2N6. The molecule has 3 aromatic rings. The highest BCUT2D eigenvalue weighted by atomic mass is 19.1. The first-order valence-electron chi connectivity index (χ1n) is 11.3. The van der Waals surface area contributed by atoms with Gasteiger partial charge in [0.05, 0.1) is 17.6 Å². The van der Waals surface area contributed by atoms with Crippen molar-refractivity contribution in [3.05, 3.63) is 119 Å². The monoisotopic (exact) mass is 488 g/mol. The van der Waals surface area contributed by atoms with E-state index in [0.29, 0.717) is 34.1 Å². The number of nitrogens with zero attached hydrogens (tertiary/aromatic N) is 4. The number of anilines is 1. The molecule has 3 N–H and O–H groups in total. The number of hydrogen-bond donors (Lipinski definition) is 2. The fourth-order valence-electron chi connectivity index (χ4n) is 3.74. The summed E-state index contributed by atoms with van der Waals surface area (Å²) < 4.78 is 29.6. The molecule has 186 valence electrons. The van der Waals surface area contributed by atoms with Gasteiger partial charge in [0.25, 0.3) is 0 Å². The van der Waals surface area contributed by atoms with Crippen LogP contribution in [0.5, 0.6) is 0 Å². The molecule has 0 aliphatic heterocycles. The number of aryl methyl sites for hydroxylation is 1. The molecule has 3 rings (SSSR count). The zero-order valence-corrected chi connectivity index (χ0v) is 20.9. The summed E-state index contributed by atoms with van der Waals surface area (Å²) in [5.41, 5.74) is 10.4. The van der Waals surface area contributed by atoms with Gasteiger partial charge in [0, 0.05) is 54.8 Å². The van der Waals surface area contributed by atoms with E-state index in [9.17, 15) is 4.39 Å². The van der Waals surface area contributed by atoms with Crippen molar-refractivity contribution in [1.82, 2.24) is 19.9 Å². The van der Waals surface area contributed by atoms with E-state index in [4.69, 9.17) is 5.73 Å². The number of halogens is 2. The maximum Gasteiger partial charge on any atom is 0.155 e. The van der Waals surface area contributed by atoms with Gasteiger partial charge in [0.1, 0.15) is 23.0 Å². The molecule has 0 radical (unpaired) electrons. The maximum atomic E-state index is 15.7. The second-order valence-electron chi connectivity index (χ2n) is 8.27. The summed E-state index contributed by atoms with van der Waals surface area (Å²) in [7, 11) is 3.76. The van der Waals surface area contributed by atoms with Crippen LogP contribution in [0.2, 0.25) is 0 Å². The van der Waals surface area contributed by atoms with Crippen LogP contribution >= 0.6 is 0 Å². The third-order valence-corrected chi connectivity index (χ3v) is 5.59. The quantitative estimate of drug-likeness (QED) is 0.304. The van der Waals surface area contributed by atoms with Crippen molar-refractivity contribution in [2.24, 2.45) is 4.99 Å². The number of rotatable bonds is 9. The van der Waals surface area contributed by atoms with Gasteiger partial charge in [-0.05, 0) is 38.1 Å². The summed E-state index contributed by atoms with van der Waals surface area (Å²) >= 11 is 0. The highest BCUT2D eigenvalue weighted by molar-refractivity contribution is 6.12. The predicted molar refractivity (Wildman–Crippen MR) is 143 cm³/mol. The SMILES string of the molecule is C=CN=C(c1cccc(F)c1)c1nc(Cc2c(N)cnc(C(=C/C)/C=C(\C=C)N(C)C)c2F)[nH]c1C. The third-order valence-electron chi connectivity index (χ3n) is 5.59. The summed E-state index contributed by atoms with van der Waals surface area (Å²) in [6.07, 6.45) is 8.20. The first-order valence-corrected chi connectivity index (χ1v) is 11.3. The maximum absolute atomic E-state index is 15.7. The number of allylic oxidation sites excluding steroid dienone is 4. The summed E-state index contributed by atoms with van der Waals surface area (Å²) in [6, 6.07) is 6.07. The molecule has 8 heteroatoms. The molecule has 0 spiro atoms. The number of hydrogen-bond acceptors (Lipinski definition) is 5. The van der Waals surface area contributed by atoms with E-state index in [1.807, 2.05) is 38.9 Å². The number of nitrogens with two attached hydrogens (primary N) is 1. The molecule has 0 saturated heterocycles. The van der Waals surface area contributed by atoms with Crippen LogP contribution in [-0.4, -0.2) is 39.7 Å². The van der Waals surface area contributed by atoms with Gasteiger partial charge in [-0.2, -0.15) is 0 Å². The average Bonchev–Trinajstić information content (AvgIpc) is 3.21. The summed E-state index contributed by atoms with van der Waals surface area (Å²) in [5.74, 6) is -0.433. The van der Waals surface area contributed by atoms with Crippen molar-refractivity contribution in [3.63, 3.8) is 0 Å². The number of H-pyrrole nitrogens is 1. The van der Waals surface area contributed by atoms with Crippen molar-refractivity contribution in [2.75, 3.05) is 19.8 Å². The summed E-state index contributed by atoms with van der Waals surface area (Å²) in [6.45, 7) is 11.1. The van der Waals surface area contributed by atoms with Gasteiger partial charge < -0.3 is 15.6 Å². The minimum absolute atomic E-state index is 0.0985. The Morgan fingerprint density at radius 1 is 1.22 bits per heavy atom. The summed E-state index contributed by atoms with van der Waals surface area (Å²) in [5, 5.41) is 0. The lowest BCUT2D eigenvalue weighted by molar-refractivity contribution is 0.530. The molecule has 0 fully saturated rings. The molecule has 0 unspecified atom stereocenters. The second kappa shape index (κ2) is 11.4. The van der Waals surface area contributed by atoms with E-state index in [0.717, 1.165) is 5.70 Å². The fourth-order valence-corrected chi connectivity index (χ4v) is 3.74. The van der Waals surface area contributed by atoms with Crippen LogP contribution < -0.4 is 5.73 Å². The Labute approximate surface area is 210 Å². The van der Waals surface area contributed by atoms with Crippen LogP contribution in [0.1, 0.15) is 41.0 Å². The van der Waals surface area contributed by atoms with E-state index in [2.05, 4.69) is 33.1 Å². The largest absolute Gasteiger partial charge is 0.397 e. The second-order valence-corrected chi connectivity index (χ2v) is 8.27. The Hall–Kier alpha value is -4.33. The number of imidazole rings is 1. The van der Waals surface area contributed by atoms with Crippen LogP contribution in [0.25, 0.3) is 5.57 Å². The molecule has 6 nitrogen and oxygen atoms in total. The minimum atomic E-state index is -0.526. The van der Waals surface area contributed by atoms with Crippen molar-refractivity contribution in [2.45, 2.75) is 20.3 Å². The Bertz CT molecular complexity index is 1380. The Morgan fingerprint density at radius 3 is 2.58 bits per heavy atom. The number of benzene rings is 1. The van der Waals surface area contributed by atoms with Gasteiger partial charge in [-0.1, -0.05) is 31.4 Å². The van der Waals surface area contributed by atoms with Gasteiger partial charge in [0.15, 0.2) is 5.82 Å². The Balaban J connectivity index is 2.03. The predicted octanol–water partition coefficient (Wildman–Crippen LogP) is 5.58. The van der Waals surface area contributed by atoms with E-state index in [1.54, 1.807) is 24.3 Å². The van der Waals surface area contributed by atoms with Crippen LogP contribution in [0.4, 0.5) is 14.5 Å². The van der Waals surface area contributed by atoms with Crippen molar-refractivity contribution in [3.8, 4) is 0 Å². The molecule has 0 aliphatic carbocycles. The molecule has 2 aromatic heterocycles. The van der Waals surface area contributed by atoms with Crippen molar-refractivity contribution in [1.29, 1.82) is 0 Å². The lowest BCUT2D eigenvalue weighted by Gasteiger charge is -2.15. The molecule has 0 saturated carbocycles. The number of aliphatic imine (C=N–C) groups is 1. The molecule has 2 heterocycles. The highest BCUT2D eigenvalue weighted by Gasteiger charge is 2.20. The molecule has 0 aliphatic rings. The molecular weight excluding hydrogens is 458 g/mol. The molecule has 0 bridgehead atoms. The van der Waals surface area contributed by atoms with Crippen LogP contribution in [0.3, 0.4) is 0 Å².